The van der Waals surface area contributed by atoms with Crippen LogP contribution in [0.15, 0.2) is 140 Å². The number of hydrogen-bond donors (Lipinski definition) is 2. The molecule has 0 aliphatic carbocycles. The van der Waals surface area contributed by atoms with Gasteiger partial charge in [0.05, 0.1) is 11.0 Å². The summed E-state index contributed by atoms with van der Waals surface area (Å²) in [5.41, 5.74) is 7.69. The third kappa shape index (κ3) is 3.60. The van der Waals surface area contributed by atoms with Gasteiger partial charge in [-0.1, -0.05) is 103 Å². The van der Waals surface area contributed by atoms with Gasteiger partial charge in [-0.3, -0.25) is 0 Å². The Morgan fingerprint density at radius 2 is 0.805 bits per heavy atom. The quantitative estimate of drug-likeness (QED) is 0.240. The lowest BCUT2D eigenvalue weighted by atomic mass is 9.96. The monoisotopic (exact) mass is 527 g/mol. The van der Waals surface area contributed by atoms with Crippen LogP contribution in [0.2, 0.25) is 0 Å². The van der Waals surface area contributed by atoms with Gasteiger partial charge >= 0.3 is 0 Å². The summed E-state index contributed by atoms with van der Waals surface area (Å²) in [6.07, 6.45) is 0. The van der Waals surface area contributed by atoms with Crippen LogP contribution in [-0.2, 0) is 0 Å². The molecular formula is C38H25NO2. The second-order valence-corrected chi connectivity index (χ2v) is 10.5. The molecule has 8 aromatic rings. The van der Waals surface area contributed by atoms with Gasteiger partial charge in [-0.05, 0) is 69.4 Å². The first-order chi connectivity index (χ1) is 20.2. The van der Waals surface area contributed by atoms with Gasteiger partial charge in [-0.15, -0.1) is 0 Å². The highest BCUT2D eigenvalue weighted by atomic mass is 16.3. The first-order valence-corrected chi connectivity index (χ1v) is 13.7. The van der Waals surface area contributed by atoms with E-state index in [0.29, 0.717) is 0 Å². The number of aromatic hydroxyl groups is 2. The molecule has 0 atom stereocenters. The summed E-state index contributed by atoms with van der Waals surface area (Å²) in [6, 6.07) is 47.3. The first kappa shape index (κ1) is 23.4. The number of fused-ring (bicyclic) bond motifs is 5. The molecule has 41 heavy (non-hydrogen) atoms. The molecule has 0 aliphatic rings. The van der Waals surface area contributed by atoms with E-state index in [2.05, 4.69) is 77.4 Å². The second-order valence-electron chi connectivity index (χ2n) is 10.5. The minimum atomic E-state index is 0.290. The third-order valence-electron chi connectivity index (χ3n) is 8.21. The molecule has 2 N–H and O–H groups in total. The van der Waals surface area contributed by atoms with Crippen LogP contribution in [0.25, 0.3) is 71.3 Å². The molecule has 0 saturated heterocycles. The standard InChI is InChI=1S/C38H25NO2/c40-37-20-18-27(29-10-4-6-12-33(29)37)24-14-16-31-32-17-15-25(28-19-21-38(41)34-13-7-5-11-30(28)34)23-36(32)39(35(31)22-24)26-8-2-1-3-9-26/h1-23,40-41H. The number of hydrogen-bond acceptors (Lipinski definition) is 2. The first-order valence-electron chi connectivity index (χ1n) is 13.7. The zero-order chi connectivity index (χ0) is 27.5. The second kappa shape index (κ2) is 9.00. The highest BCUT2D eigenvalue weighted by Crippen LogP contribution is 2.41. The molecule has 0 spiro atoms. The molecule has 194 valence electrons. The van der Waals surface area contributed by atoms with Crippen molar-refractivity contribution in [1.82, 2.24) is 4.57 Å². The summed E-state index contributed by atoms with van der Waals surface area (Å²) in [6.45, 7) is 0. The Labute approximate surface area is 236 Å². The maximum absolute atomic E-state index is 10.5. The number of nitrogens with zero attached hydrogens (tertiary/aromatic N) is 1. The minimum absolute atomic E-state index is 0.290. The van der Waals surface area contributed by atoms with Crippen LogP contribution in [0.5, 0.6) is 11.5 Å². The van der Waals surface area contributed by atoms with E-state index in [9.17, 15) is 10.2 Å². The third-order valence-corrected chi connectivity index (χ3v) is 8.21. The van der Waals surface area contributed by atoms with E-state index >= 15 is 0 Å². The fourth-order valence-corrected chi connectivity index (χ4v) is 6.28. The largest absolute Gasteiger partial charge is 0.507 e. The molecule has 7 aromatic carbocycles. The van der Waals surface area contributed by atoms with Gasteiger partial charge < -0.3 is 14.8 Å². The van der Waals surface area contributed by atoms with Crippen molar-refractivity contribution in [2.24, 2.45) is 0 Å². The molecule has 0 radical (unpaired) electrons. The van der Waals surface area contributed by atoms with E-state index in [4.69, 9.17) is 0 Å². The molecule has 0 amide bonds. The Balaban J connectivity index is 1.42. The van der Waals surface area contributed by atoms with Gasteiger partial charge in [0.1, 0.15) is 11.5 Å². The van der Waals surface area contributed by atoms with Crippen LogP contribution in [0.3, 0.4) is 0 Å². The number of para-hydroxylation sites is 1. The minimum Gasteiger partial charge on any atom is -0.507 e. The molecule has 0 fully saturated rings. The van der Waals surface area contributed by atoms with Crippen molar-refractivity contribution in [2.75, 3.05) is 0 Å². The molecule has 0 bridgehead atoms. The van der Waals surface area contributed by atoms with Gasteiger partial charge in [0, 0.05) is 27.2 Å². The Kier molecular flexibility index (Phi) is 5.13. The zero-order valence-electron chi connectivity index (χ0n) is 22.1. The van der Waals surface area contributed by atoms with Gasteiger partial charge in [0.15, 0.2) is 0 Å². The predicted molar refractivity (Wildman–Crippen MR) is 170 cm³/mol. The smallest absolute Gasteiger partial charge is 0.123 e. The zero-order valence-corrected chi connectivity index (χ0v) is 22.1. The fraction of sp³-hybridized carbons (Fsp3) is 0. The molecule has 0 saturated carbocycles. The van der Waals surface area contributed by atoms with Crippen molar-refractivity contribution >= 4 is 43.4 Å². The Bertz CT molecular complexity index is 2140. The lowest BCUT2D eigenvalue weighted by molar-refractivity contribution is 0.481. The van der Waals surface area contributed by atoms with E-state index in [1.54, 1.807) is 12.1 Å². The van der Waals surface area contributed by atoms with Crippen molar-refractivity contribution < 1.29 is 10.2 Å². The molecule has 3 heteroatoms. The van der Waals surface area contributed by atoms with Gasteiger partial charge in [0.25, 0.3) is 0 Å². The number of phenolic OH excluding ortho intramolecular Hbond substituents is 2. The van der Waals surface area contributed by atoms with E-state index in [1.807, 2.05) is 54.6 Å². The van der Waals surface area contributed by atoms with Crippen LogP contribution in [0, 0.1) is 0 Å². The molecule has 1 aromatic heterocycles. The van der Waals surface area contributed by atoms with E-state index in [-0.39, 0.29) is 11.5 Å². The van der Waals surface area contributed by atoms with E-state index in [0.717, 1.165) is 60.5 Å². The van der Waals surface area contributed by atoms with E-state index in [1.165, 1.54) is 10.8 Å². The predicted octanol–water partition coefficient (Wildman–Crippen LogP) is 9.84. The molecular weight excluding hydrogens is 502 g/mol. The lowest BCUT2D eigenvalue weighted by Crippen LogP contribution is -1.94. The van der Waals surface area contributed by atoms with Crippen molar-refractivity contribution in [3.8, 4) is 39.4 Å². The molecule has 8 rings (SSSR count). The topological polar surface area (TPSA) is 45.4 Å². The molecule has 0 aliphatic heterocycles. The van der Waals surface area contributed by atoms with E-state index < -0.39 is 0 Å². The summed E-state index contributed by atoms with van der Waals surface area (Å²) in [5.74, 6) is 0.580. The summed E-state index contributed by atoms with van der Waals surface area (Å²) >= 11 is 0. The van der Waals surface area contributed by atoms with Gasteiger partial charge in [-0.2, -0.15) is 0 Å². The highest BCUT2D eigenvalue weighted by Gasteiger charge is 2.16. The van der Waals surface area contributed by atoms with Crippen LogP contribution < -0.4 is 0 Å². The lowest BCUT2D eigenvalue weighted by Gasteiger charge is -2.12. The van der Waals surface area contributed by atoms with Crippen LogP contribution in [0.4, 0.5) is 0 Å². The Hall–Kier alpha value is -5.54. The van der Waals surface area contributed by atoms with Crippen molar-refractivity contribution in [3.05, 3.63) is 140 Å². The van der Waals surface area contributed by atoms with Crippen molar-refractivity contribution in [1.29, 1.82) is 0 Å². The maximum atomic E-state index is 10.5. The molecule has 0 unspecified atom stereocenters. The van der Waals surface area contributed by atoms with Crippen molar-refractivity contribution in [3.63, 3.8) is 0 Å². The maximum Gasteiger partial charge on any atom is 0.123 e. The number of benzene rings is 7. The van der Waals surface area contributed by atoms with Crippen LogP contribution >= 0.6 is 0 Å². The normalized spacial score (nSPS) is 11.6. The Morgan fingerprint density at radius 1 is 0.366 bits per heavy atom. The molecule has 1 heterocycles. The summed E-state index contributed by atoms with van der Waals surface area (Å²) < 4.78 is 2.34. The average Bonchev–Trinajstić information content (AvgIpc) is 3.35. The summed E-state index contributed by atoms with van der Waals surface area (Å²) in [5, 5.41) is 27.1. The van der Waals surface area contributed by atoms with Gasteiger partial charge in [-0.25, -0.2) is 0 Å². The Morgan fingerprint density at radius 3 is 1.29 bits per heavy atom. The SMILES string of the molecule is Oc1ccc(-c2ccc3c4ccc(-c5ccc(O)c6ccccc56)cc4n(-c4ccccc4)c3c2)c2ccccc12. The van der Waals surface area contributed by atoms with Crippen LogP contribution in [0.1, 0.15) is 0 Å². The summed E-state index contributed by atoms with van der Waals surface area (Å²) in [4.78, 5) is 0. The number of phenols is 2. The number of aromatic nitrogens is 1. The summed E-state index contributed by atoms with van der Waals surface area (Å²) in [7, 11) is 0. The highest BCUT2D eigenvalue weighted by molar-refractivity contribution is 6.13. The average molecular weight is 528 g/mol. The number of rotatable bonds is 3. The van der Waals surface area contributed by atoms with Crippen molar-refractivity contribution in [2.45, 2.75) is 0 Å². The van der Waals surface area contributed by atoms with Gasteiger partial charge in [0.2, 0.25) is 0 Å². The van der Waals surface area contributed by atoms with Crippen LogP contribution in [-0.4, -0.2) is 14.8 Å². The fourth-order valence-electron chi connectivity index (χ4n) is 6.28. The molecule has 3 nitrogen and oxygen atoms in total.